The van der Waals surface area contributed by atoms with E-state index in [-0.39, 0.29) is 23.8 Å². The van der Waals surface area contributed by atoms with Gasteiger partial charge >= 0.3 is 6.03 Å². The molecule has 0 aromatic heterocycles. The van der Waals surface area contributed by atoms with Crippen molar-refractivity contribution in [1.82, 2.24) is 20.4 Å². The zero-order chi connectivity index (χ0) is 18.7. The lowest BCUT2D eigenvalue weighted by Gasteiger charge is -2.45. The molecule has 142 valence electrons. The molecule has 2 heterocycles. The summed E-state index contributed by atoms with van der Waals surface area (Å²) in [7, 11) is 2.00. The molecule has 2 aliphatic rings. The highest BCUT2D eigenvalue weighted by molar-refractivity contribution is 5.87. The normalized spacial score (nSPS) is 21.8. The van der Waals surface area contributed by atoms with E-state index in [1.54, 1.807) is 17.0 Å². The van der Waals surface area contributed by atoms with Crippen molar-refractivity contribution in [3.05, 3.63) is 35.6 Å². The average Bonchev–Trinajstić information content (AvgIpc) is 2.77. The Hall–Kier alpha value is -2.15. The van der Waals surface area contributed by atoms with Crippen LogP contribution in [0.2, 0.25) is 0 Å². The Morgan fingerprint density at radius 3 is 2.54 bits per heavy atom. The molecule has 1 atom stereocenters. The van der Waals surface area contributed by atoms with Gasteiger partial charge < -0.3 is 15.5 Å². The molecule has 1 aromatic carbocycles. The topological polar surface area (TPSA) is 64.7 Å². The summed E-state index contributed by atoms with van der Waals surface area (Å²) in [5.74, 6) is -0.211. The molecule has 0 radical (unpaired) electrons. The van der Waals surface area contributed by atoms with Crippen molar-refractivity contribution in [2.45, 2.75) is 37.8 Å². The van der Waals surface area contributed by atoms with Crippen LogP contribution in [0.25, 0.3) is 0 Å². The van der Waals surface area contributed by atoms with Crippen LogP contribution in [0.4, 0.5) is 9.18 Å². The number of likely N-dealkylation sites (N-methyl/N-ethyl adjacent to an activating group) is 1. The minimum atomic E-state index is -0.504. The number of amides is 3. The molecule has 3 amide bonds. The molecular formula is C19H27FN4O2. The average molecular weight is 362 g/mol. The third-order valence-electron chi connectivity index (χ3n) is 5.70. The van der Waals surface area contributed by atoms with Gasteiger partial charge in [0.05, 0.1) is 6.04 Å². The minimum absolute atomic E-state index is 0.0808. The molecule has 1 unspecified atom stereocenters. The zero-order valence-corrected chi connectivity index (χ0v) is 15.4. The number of hydrogen-bond acceptors (Lipinski definition) is 3. The van der Waals surface area contributed by atoms with Gasteiger partial charge in [-0.25, -0.2) is 9.18 Å². The van der Waals surface area contributed by atoms with Crippen LogP contribution in [-0.4, -0.2) is 60.5 Å². The Morgan fingerprint density at radius 2 is 1.88 bits per heavy atom. The number of rotatable bonds is 2. The third kappa shape index (κ3) is 3.67. The molecule has 1 spiro atoms. The van der Waals surface area contributed by atoms with E-state index in [0.717, 1.165) is 18.5 Å². The maximum atomic E-state index is 13.0. The van der Waals surface area contributed by atoms with Crippen LogP contribution >= 0.6 is 0 Å². The fourth-order valence-electron chi connectivity index (χ4n) is 3.87. The first kappa shape index (κ1) is 18.6. The van der Waals surface area contributed by atoms with Crippen LogP contribution in [0.3, 0.4) is 0 Å². The first-order valence-corrected chi connectivity index (χ1v) is 9.23. The summed E-state index contributed by atoms with van der Waals surface area (Å²) in [6, 6.07) is 5.79. The predicted octanol–water partition coefficient (Wildman–Crippen LogP) is 1.88. The van der Waals surface area contributed by atoms with Crippen molar-refractivity contribution in [3.8, 4) is 0 Å². The molecule has 7 heteroatoms. The smallest absolute Gasteiger partial charge is 0.317 e. The summed E-state index contributed by atoms with van der Waals surface area (Å²) < 4.78 is 13.0. The van der Waals surface area contributed by atoms with Crippen molar-refractivity contribution in [1.29, 1.82) is 0 Å². The van der Waals surface area contributed by atoms with Crippen molar-refractivity contribution in [2.24, 2.45) is 0 Å². The van der Waals surface area contributed by atoms with Crippen LogP contribution in [-0.2, 0) is 4.79 Å². The highest BCUT2D eigenvalue weighted by Crippen LogP contribution is 2.30. The van der Waals surface area contributed by atoms with Crippen molar-refractivity contribution < 1.29 is 14.0 Å². The van der Waals surface area contributed by atoms with Crippen LogP contribution in [0.5, 0.6) is 0 Å². The van der Waals surface area contributed by atoms with Crippen molar-refractivity contribution in [3.63, 3.8) is 0 Å². The van der Waals surface area contributed by atoms with Crippen molar-refractivity contribution >= 4 is 11.9 Å². The number of piperidine rings is 1. The number of nitrogens with one attached hydrogen (secondary N) is 2. The lowest BCUT2D eigenvalue weighted by molar-refractivity contribution is -0.134. The summed E-state index contributed by atoms with van der Waals surface area (Å²) >= 11 is 0. The largest absolute Gasteiger partial charge is 0.354 e. The van der Waals surface area contributed by atoms with Gasteiger partial charge in [0.2, 0.25) is 5.91 Å². The molecule has 0 saturated carbocycles. The molecule has 26 heavy (non-hydrogen) atoms. The summed E-state index contributed by atoms with van der Waals surface area (Å²) in [5.41, 5.74) is 0.353. The van der Waals surface area contributed by atoms with Gasteiger partial charge in [-0.1, -0.05) is 12.1 Å². The predicted molar refractivity (Wildman–Crippen MR) is 97.1 cm³/mol. The second-order valence-corrected chi connectivity index (χ2v) is 7.27. The van der Waals surface area contributed by atoms with E-state index < -0.39 is 5.54 Å². The SMILES string of the molecule is CC(NC(=O)N1CCC2(CC1)C(=O)NCCCN2C)c1ccc(F)cc1. The quantitative estimate of drug-likeness (QED) is 0.844. The lowest BCUT2D eigenvalue weighted by atomic mass is 9.85. The molecule has 2 aliphatic heterocycles. The lowest BCUT2D eigenvalue weighted by Crippen LogP contribution is -2.62. The van der Waals surface area contributed by atoms with Crippen molar-refractivity contribution in [2.75, 3.05) is 33.2 Å². The van der Waals surface area contributed by atoms with Gasteiger partial charge in [0.25, 0.3) is 0 Å². The standard InChI is InChI=1S/C19H27FN4O2/c1-14(15-4-6-16(20)7-5-15)22-18(26)24-12-8-19(9-13-24)17(25)21-10-3-11-23(19)2/h4-7,14H,3,8-13H2,1-2H3,(H,21,25)(H,22,26). The minimum Gasteiger partial charge on any atom is -0.354 e. The molecular weight excluding hydrogens is 335 g/mol. The van der Waals surface area contributed by atoms with E-state index in [1.165, 1.54) is 12.1 Å². The zero-order valence-electron chi connectivity index (χ0n) is 15.4. The fourth-order valence-corrected chi connectivity index (χ4v) is 3.87. The van der Waals surface area contributed by atoms with E-state index in [9.17, 15) is 14.0 Å². The maximum absolute atomic E-state index is 13.0. The van der Waals surface area contributed by atoms with Gasteiger partial charge in [-0.15, -0.1) is 0 Å². The summed E-state index contributed by atoms with van der Waals surface area (Å²) in [6.45, 7) is 4.55. The Bertz CT molecular complexity index is 656. The van der Waals surface area contributed by atoms with E-state index in [4.69, 9.17) is 0 Å². The van der Waals surface area contributed by atoms with E-state index >= 15 is 0 Å². The second-order valence-electron chi connectivity index (χ2n) is 7.27. The summed E-state index contributed by atoms with van der Waals surface area (Å²) in [4.78, 5) is 29.0. The maximum Gasteiger partial charge on any atom is 0.317 e. The van der Waals surface area contributed by atoms with Gasteiger partial charge in [0.1, 0.15) is 11.4 Å². The van der Waals surface area contributed by atoms with Gasteiger partial charge in [0, 0.05) is 26.2 Å². The molecule has 6 nitrogen and oxygen atoms in total. The highest BCUT2D eigenvalue weighted by atomic mass is 19.1. The number of halogens is 1. The third-order valence-corrected chi connectivity index (χ3v) is 5.70. The Morgan fingerprint density at radius 1 is 1.23 bits per heavy atom. The molecule has 0 bridgehead atoms. The number of benzene rings is 1. The summed E-state index contributed by atoms with van der Waals surface area (Å²) in [5, 5.41) is 5.97. The van der Waals surface area contributed by atoms with E-state index in [0.29, 0.717) is 32.5 Å². The second kappa shape index (κ2) is 7.61. The molecule has 3 rings (SSSR count). The monoisotopic (exact) mass is 362 g/mol. The van der Waals surface area contributed by atoms with Crippen LogP contribution in [0, 0.1) is 5.82 Å². The number of carbonyl (C=O) groups excluding carboxylic acids is 2. The number of likely N-dealkylation sites (tertiary alicyclic amines) is 1. The highest BCUT2D eigenvalue weighted by Gasteiger charge is 2.46. The Balaban J connectivity index is 1.59. The number of urea groups is 1. The van der Waals surface area contributed by atoms with E-state index in [1.807, 2.05) is 14.0 Å². The summed E-state index contributed by atoms with van der Waals surface area (Å²) in [6.07, 6.45) is 2.21. The first-order valence-electron chi connectivity index (χ1n) is 9.23. The fraction of sp³-hybridized carbons (Fsp3) is 0.579. The van der Waals surface area contributed by atoms with E-state index in [2.05, 4.69) is 15.5 Å². The molecule has 2 N–H and O–H groups in total. The van der Waals surface area contributed by atoms with Gasteiger partial charge in [-0.3, -0.25) is 9.69 Å². The van der Waals surface area contributed by atoms with Crippen LogP contribution < -0.4 is 10.6 Å². The molecule has 2 fully saturated rings. The first-order chi connectivity index (χ1) is 12.4. The number of nitrogens with zero attached hydrogens (tertiary/aromatic N) is 2. The van der Waals surface area contributed by atoms with Gasteiger partial charge in [0.15, 0.2) is 0 Å². The number of carbonyl (C=O) groups is 2. The molecule has 0 aliphatic carbocycles. The van der Waals surface area contributed by atoms with Gasteiger partial charge in [-0.2, -0.15) is 0 Å². The number of hydrogen-bond donors (Lipinski definition) is 2. The molecule has 1 aromatic rings. The van der Waals surface area contributed by atoms with Gasteiger partial charge in [-0.05, 0) is 50.9 Å². The van der Waals surface area contributed by atoms with Crippen LogP contribution in [0.15, 0.2) is 24.3 Å². The molecule has 2 saturated heterocycles. The Labute approximate surface area is 153 Å². The Kier molecular flexibility index (Phi) is 5.46. The van der Waals surface area contributed by atoms with Crippen LogP contribution in [0.1, 0.15) is 37.8 Å².